The molecule has 0 spiro atoms. The van der Waals surface area contributed by atoms with E-state index in [1.807, 2.05) is 0 Å². The third-order valence-corrected chi connectivity index (χ3v) is 4.07. The molecule has 0 saturated heterocycles. The molecule has 21 heavy (non-hydrogen) atoms. The first-order chi connectivity index (χ1) is 9.95. The van der Waals surface area contributed by atoms with Crippen LogP contribution in [0.2, 0.25) is 0 Å². The Hall–Kier alpha value is -1.34. The van der Waals surface area contributed by atoms with Crippen molar-refractivity contribution in [1.29, 1.82) is 0 Å². The van der Waals surface area contributed by atoms with Crippen LogP contribution in [0.4, 0.5) is 0 Å². The van der Waals surface area contributed by atoms with Gasteiger partial charge in [0.1, 0.15) is 0 Å². The summed E-state index contributed by atoms with van der Waals surface area (Å²) in [6, 6.07) is 3.63. The van der Waals surface area contributed by atoms with Gasteiger partial charge in [-0.15, -0.1) is 0 Å². The zero-order chi connectivity index (χ0) is 15.4. The molecule has 0 aliphatic heterocycles. The Morgan fingerprint density at radius 1 is 1.38 bits per heavy atom. The van der Waals surface area contributed by atoms with Crippen LogP contribution in [-0.2, 0) is 4.79 Å². The molecule has 1 aliphatic carbocycles. The first-order valence-electron chi connectivity index (χ1n) is 7.01. The maximum absolute atomic E-state index is 12.0. The normalized spacial score (nSPS) is 21.9. The number of furan rings is 1. The van der Waals surface area contributed by atoms with Crippen molar-refractivity contribution in [3.8, 4) is 0 Å². The van der Waals surface area contributed by atoms with Crippen LogP contribution in [0, 0.1) is 0 Å². The number of nitrogens with zero attached hydrogens (tertiary/aromatic N) is 1. The Bertz CT molecular complexity index is 509. The number of carbonyl (C=O) groups excluding carboxylic acids is 2. The fraction of sp³-hybridized carbons (Fsp3) is 0.571. The molecular formula is C14H20BrN3O3. The minimum absolute atomic E-state index is 0.0136. The molecule has 1 heterocycles. The molecule has 0 atom stereocenters. The molecule has 0 radical (unpaired) electrons. The lowest BCUT2D eigenvalue weighted by Gasteiger charge is -2.27. The van der Waals surface area contributed by atoms with Crippen LogP contribution in [0.3, 0.4) is 0 Å². The van der Waals surface area contributed by atoms with Gasteiger partial charge < -0.3 is 20.4 Å². The van der Waals surface area contributed by atoms with Crippen molar-refractivity contribution in [2.45, 2.75) is 37.8 Å². The molecule has 1 saturated carbocycles. The molecule has 2 rings (SSSR count). The number of amides is 2. The number of hydrogen-bond acceptors (Lipinski definition) is 4. The Morgan fingerprint density at radius 3 is 2.62 bits per heavy atom. The summed E-state index contributed by atoms with van der Waals surface area (Å²) in [6.07, 6.45) is 3.66. The molecule has 0 aromatic carbocycles. The first-order valence-corrected chi connectivity index (χ1v) is 7.80. The molecule has 3 N–H and O–H groups in total. The lowest BCUT2D eigenvalue weighted by atomic mass is 9.92. The van der Waals surface area contributed by atoms with E-state index in [4.69, 9.17) is 10.2 Å². The molecule has 6 nitrogen and oxygen atoms in total. The van der Waals surface area contributed by atoms with E-state index in [0.29, 0.717) is 4.67 Å². The van der Waals surface area contributed by atoms with Crippen LogP contribution in [0.5, 0.6) is 0 Å². The highest BCUT2D eigenvalue weighted by atomic mass is 79.9. The maximum Gasteiger partial charge on any atom is 0.289 e. The van der Waals surface area contributed by atoms with E-state index in [9.17, 15) is 9.59 Å². The number of likely N-dealkylation sites (N-methyl/N-ethyl adjacent to an activating group) is 1. The average molecular weight is 358 g/mol. The highest BCUT2D eigenvalue weighted by molar-refractivity contribution is 9.10. The minimum atomic E-state index is -0.318. The predicted octanol–water partition coefficient (Wildman–Crippen LogP) is 1.50. The molecule has 116 valence electrons. The fourth-order valence-corrected chi connectivity index (χ4v) is 2.75. The van der Waals surface area contributed by atoms with Crippen LogP contribution in [0.25, 0.3) is 0 Å². The van der Waals surface area contributed by atoms with Gasteiger partial charge in [-0.3, -0.25) is 9.59 Å². The second-order valence-electron chi connectivity index (χ2n) is 5.44. The third-order valence-electron chi connectivity index (χ3n) is 3.65. The van der Waals surface area contributed by atoms with Gasteiger partial charge in [0.05, 0.1) is 6.54 Å². The van der Waals surface area contributed by atoms with Gasteiger partial charge in [-0.2, -0.15) is 0 Å². The van der Waals surface area contributed by atoms with Crippen molar-refractivity contribution in [2.24, 2.45) is 5.73 Å². The van der Waals surface area contributed by atoms with Gasteiger partial charge in [0.2, 0.25) is 5.91 Å². The molecule has 0 bridgehead atoms. The van der Waals surface area contributed by atoms with Crippen LogP contribution >= 0.6 is 15.9 Å². The summed E-state index contributed by atoms with van der Waals surface area (Å²) in [7, 11) is 1.58. The van der Waals surface area contributed by atoms with Crippen molar-refractivity contribution >= 4 is 27.7 Å². The monoisotopic (exact) mass is 357 g/mol. The zero-order valence-corrected chi connectivity index (χ0v) is 13.6. The number of halogens is 1. The SMILES string of the molecule is CN(CC(=O)NC1CCC(N)CC1)C(=O)c1ccc(Br)o1. The fourth-order valence-electron chi connectivity index (χ4n) is 2.44. The third kappa shape index (κ3) is 4.57. The molecule has 1 fully saturated rings. The van der Waals surface area contributed by atoms with Gasteiger partial charge in [-0.25, -0.2) is 0 Å². The molecule has 1 aromatic heterocycles. The second kappa shape index (κ2) is 7.09. The largest absolute Gasteiger partial charge is 0.444 e. The van der Waals surface area contributed by atoms with Crippen molar-refractivity contribution < 1.29 is 14.0 Å². The van der Waals surface area contributed by atoms with Crippen LogP contribution in [0.15, 0.2) is 21.2 Å². The summed E-state index contributed by atoms with van der Waals surface area (Å²) < 4.78 is 5.68. The van der Waals surface area contributed by atoms with Crippen molar-refractivity contribution in [3.63, 3.8) is 0 Å². The van der Waals surface area contributed by atoms with Crippen LogP contribution in [-0.4, -0.2) is 42.4 Å². The summed E-state index contributed by atoms with van der Waals surface area (Å²) in [6.45, 7) is 0.0136. The molecule has 2 amide bonds. The van der Waals surface area contributed by atoms with E-state index in [1.54, 1.807) is 19.2 Å². The predicted molar refractivity (Wildman–Crippen MR) is 81.7 cm³/mol. The van der Waals surface area contributed by atoms with E-state index in [-0.39, 0.29) is 36.2 Å². The number of rotatable bonds is 4. The van der Waals surface area contributed by atoms with E-state index in [2.05, 4.69) is 21.2 Å². The second-order valence-corrected chi connectivity index (χ2v) is 6.23. The number of carbonyl (C=O) groups is 2. The number of nitrogens with two attached hydrogens (primary N) is 1. The van der Waals surface area contributed by atoms with Crippen molar-refractivity contribution in [2.75, 3.05) is 13.6 Å². The Kier molecular flexibility index (Phi) is 5.41. The van der Waals surface area contributed by atoms with Crippen LogP contribution < -0.4 is 11.1 Å². The molecular weight excluding hydrogens is 338 g/mol. The Labute approximate surface area is 132 Å². The van der Waals surface area contributed by atoms with E-state index in [1.165, 1.54) is 4.90 Å². The number of nitrogens with one attached hydrogen (secondary N) is 1. The van der Waals surface area contributed by atoms with Crippen LogP contribution in [0.1, 0.15) is 36.2 Å². The summed E-state index contributed by atoms with van der Waals surface area (Å²) >= 11 is 3.14. The number of hydrogen-bond donors (Lipinski definition) is 2. The highest BCUT2D eigenvalue weighted by Crippen LogP contribution is 2.17. The summed E-state index contributed by atoms with van der Waals surface area (Å²) in [5, 5.41) is 2.95. The smallest absolute Gasteiger partial charge is 0.289 e. The molecule has 1 aromatic rings. The van der Waals surface area contributed by atoms with Crippen molar-refractivity contribution in [3.05, 3.63) is 22.6 Å². The minimum Gasteiger partial charge on any atom is -0.444 e. The quantitative estimate of drug-likeness (QED) is 0.854. The maximum atomic E-state index is 12.0. The van der Waals surface area contributed by atoms with E-state index >= 15 is 0 Å². The average Bonchev–Trinajstić information content (AvgIpc) is 2.87. The Balaban J connectivity index is 1.80. The zero-order valence-electron chi connectivity index (χ0n) is 12.0. The Morgan fingerprint density at radius 2 is 2.05 bits per heavy atom. The molecule has 0 unspecified atom stereocenters. The lowest BCUT2D eigenvalue weighted by Crippen LogP contribution is -2.45. The van der Waals surface area contributed by atoms with E-state index < -0.39 is 0 Å². The van der Waals surface area contributed by atoms with Crippen molar-refractivity contribution in [1.82, 2.24) is 10.2 Å². The van der Waals surface area contributed by atoms with E-state index in [0.717, 1.165) is 25.7 Å². The first kappa shape index (κ1) is 16.0. The van der Waals surface area contributed by atoms with Gasteiger partial charge in [-0.05, 0) is 53.7 Å². The van der Waals surface area contributed by atoms with Gasteiger partial charge >= 0.3 is 0 Å². The molecule has 7 heteroatoms. The summed E-state index contributed by atoms with van der Waals surface area (Å²) in [5.41, 5.74) is 5.83. The van der Waals surface area contributed by atoms with Gasteiger partial charge in [-0.1, -0.05) is 0 Å². The highest BCUT2D eigenvalue weighted by Gasteiger charge is 2.22. The lowest BCUT2D eigenvalue weighted by molar-refractivity contribution is -0.122. The standard InChI is InChI=1S/C14H20BrN3O3/c1-18(14(20)11-6-7-12(15)21-11)8-13(19)17-10-4-2-9(16)3-5-10/h6-7,9-10H,2-5,8,16H2,1H3,(H,17,19). The van der Waals surface area contributed by atoms with Gasteiger partial charge in [0, 0.05) is 19.1 Å². The van der Waals surface area contributed by atoms with Gasteiger partial charge in [0.15, 0.2) is 10.4 Å². The molecule has 1 aliphatic rings. The topological polar surface area (TPSA) is 88.6 Å². The summed E-state index contributed by atoms with van der Waals surface area (Å²) in [5.74, 6) is -0.265. The van der Waals surface area contributed by atoms with Gasteiger partial charge in [0.25, 0.3) is 5.91 Å². The summed E-state index contributed by atoms with van der Waals surface area (Å²) in [4.78, 5) is 25.4.